The number of carboxylic acids is 1. The van der Waals surface area contributed by atoms with E-state index in [4.69, 9.17) is 0 Å². The third-order valence-electron chi connectivity index (χ3n) is 6.84. The molecule has 0 heterocycles. The third kappa shape index (κ3) is 2.78. The molecule has 0 bridgehead atoms. The molecule has 144 valence electrons. The second-order valence-corrected chi connectivity index (χ2v) is 10.1. The van der Waals surface area contributed by atoms with Crippen LogP contribution in [0.5, 0.6) is 0 Å². The average Bonchev–Trinajstić information content (AvgIpc) is 2.52. The molecule has 1 fully saturated rings. The molecule has 0 radical (unpaired) electrons. The summed E-state index contributed by atoms with van der Waals surface area (Å²) in [5, 5.41) is 11.9. The first-order chi connectivity index (χ1) is 11.9. The lowest BCUT2D eigenvalue weighted by molar-refractivity contribution is -0.324. The molecule has 3 rings (SSSR count). The second-order valence-electron chi connectivity index (χ2n) is 8.72. The number of fused-ring (bicyclic) bond motifs is 3. The van der Waals surface area contributed by atoms with E-state index in [1.807, 2.05) is 26.8 Å². The van der Waals surface area contributed by atoms with Gasteiger partial charge < -0.3 is 14.5 Å². The fourth-order valence-electron chi connectivity index (χ4n) is 5.43. The molecule has 3 unspecified atom stereocenters. The fraction of sp³-hybridized carbons (Fsp3) is 0.650. The number of benzene rings is 1. The number of carbonyl (C=O) groups is 1. The number of aliphatic carboxylic acids is 1. The SMILES string of the molecule is CC(C)c1cc2c(cc1S(=O)(=O)[O-])C1(C)CCCC(C)(C(=O)[O-])C1CC2. The van der Waals surface area contributed by atoms with E-state index in [9.17, 15) is 22.9 Å². The van der Waals surface area contributed by atoms with Gasteiger partial charge in [-0.1, -0.05) is 40.2 Å². The average molecular weight is 378 g/mol. The normalized spacial score (nSPS) is 31.4. The Bertz CT molecular complexity index is 857. The van der Waals surface area contributed by atoms with Crippen LogP contribution in [0.25, 0.3) is 0 Å². The molecule has 3 atom stereocenters. The van der Waals surface area contributed by atoms with Crippen molar-refractivity contribution < 1.29 is 22.9 Å². The van der Waals surface area contributed by atoms with Crippen molar-refractivity contribution in [1.29, 1.82) is 0 Å². The summed E-state index contributed by atoms with van der Waals surface area (Å²) in [6.45, 7) is 7.52. The number of carboxylic acid groups (broad SMARTS) is 1. The Morgan fingerprint density at radius 1 is 1.23 bits per heavy atom. The molecule has 1 saturated carbocycles. The zero-order chi connectivity index (χ0) is 19.5. The van der Waals surface area contributed by atoms with E-state index in [-0.39, 0.29) is 16.7 Å². The monoisotopic (exact) mass is 378 g/mol. The first-order valence-electron chi connectivity index (χ1n) is 9.26. The Hall–Kier alpha value is -1.40. The summed E-state index contributed by atoms with van der Waals surface area (Å²) in [7, 11) is -4.60. The zero-order valence-electron chi connectivity index (χ0n) is 15.8. The maximum absolute atomic E-state index is 11.9. The van der Waals surface area contributed by atoms with Crippen molar-refractivity contribution in [3.05, 3.63) is 28.8 Å². The van der Waals surface area contributed by atoms with Gasteiger partial charge in [0, 0.05) is 11.4 Å². The molecule has 0 amide bonds. The number of hydrogen-bond donors (Lipinski definition) is 0. The number of aryl methyl sites for hydroxylation is 1. The first kappa shape index (κ1) is 19.4. The summed E-state index contributed by atoms with van der Waals surface area (Å²) < 4.78 is 35.7. The Kier molecular flexibility index (Phi) is 4.51. The Balaban J connectivity index is 2.24. The summed E-state index contributed by atoms with van der Waals surface area (Å²) in [6.07, 6.45) is 3.52. The van der Waals surface area contributed by atoms with Crippen molar-refractivity contribution in [2.75, 3.05) is 0 Å². The van der Waals surface area contributed by atoms with Gasteiger partial charge in [0.1, 0.15) is 10.1 Å². The molecule has 0 aromatic heterocycles. The summed E-state index contributed by atoms with van der Waals surface area (Å²) in [5.41, 5.74) is 1.04. The van der Waals surface area contributed by atoms with Crippen LogP contribution in [-0.4, -0.2) is 18.9 Å². The van der Waals surface area contributed by atoms with Crippen LogP contribution in [-0.2, 0) is 26.7 Å². The van der Waals surface area contributed by atoms with Gasteiger partial charge in [-0.3, -0.25) is 0 Å². The predicted octanol–water partition coefficient (Wildman–Crippen LogP) is 2.47. The topological polar surface area (TPSA) is 97.3 Å². The van der Waals surface area contributed by atoms with Gasteiger partial charge in [-0.05, 0) is 65.7 Å². The highest BCUT2D eigenvalue weighted by Crippen LogP contribution is 2.57. The lowest BCUT2D eigenvalue weighted by Gasteiger charge is -2.56. The van der Waals surface area contributed by atoms with Crippen molar-refractivity contribution in [3.63, 3.8) is 0 Å². The first-order valence-corrected chi connectivity index (χ1v) is 10.7. The highest BCUT2D eigenvalue weighted by Gasteiger charge is 2.52. The summed E-state index contributed by atoms with van der Waals surface area (Å²) >= 11 is 0. The van der Waals surface area contributed by atoms with E-state index >= 15 is 0 Å². The largest absolute Gasteiger partial charge is 0.744 e. The molecule has 2 aliphatic carbocycles. The molecule has 0 saturated heterocycles. The van der Waals surface area contributed by atoms with E-state index in [1.54, 1.807) is 13.0 Å². The van der Waals surface area contributed by atoms with Gasteiger partial charge in [0.15, 0.2) is 0 Å². The van der Waals surface area contributed by atoms with Crippen molar-refractivity contribution in [1.82, 2.24) is 0 Å². The van der Waals surface area contributed by atoms with Gasteiger partial charge in [0.05, 0.1) is 4.90 Å². The molecule has 0 N–H and O–H groups in total. The molecule has 0 aliphatic heterocycles. The van der Waals surface area contributed by atoms with Crippen LogP contribution in [0.15, 0.2) is 17.0 Å². The van der Waals surface area contributed by atoms with Crippen molar-refractivity contribution in [2.24, 2.45) is 11.3 Å². The highest BCUT2D eigenvalue weighted by molar-refractivity contribution is 7.85. The Morgan fingerprint density at radius 3 is 2.42 bits per heavy atom. The quantitative estimate of drug-likeness (QED) is 0.753. The molecule has 6 heteroatoms. The van der Waals surface area contributed by atoms with Gasteiger partial charge in [0.25, 0.3) is 0 Å². The van der Waals surface area contributed by atoms with E-state index in [2.05, 4.69) is 0 Å². The lowest BCUT2D eigenvalue weighted by Crippen LogP contribution is -2.56. The zero-order valence-corrected chi connectivity index (χ0v) is 16.6. The van der Waals surface area contributed by atoms with Gasteiger partial charge in [0.2, 0.25) is 0 Å². The summed E-state index contributed by atoms with van der Waals surface area (Å²) in [6, 6.07) is 3.40. The van der Waals surface area contributed by atoms with Gasteiger partial charge in [-0.25, -0.2) is 8.42 Å². The van der Waals surface area contributed by atoms with Crippen molar-refractivity contribution in [3.8, 4) is 0 Å². The number of carbonyl (C=O) groups excluding carboxylic acids is 1. The van der Waals surface area contributed by atoms with Crippen LogP contribution in [0.3, 0.4) is 0 Å². The lowest BCUT2D eigenvalue weighted by atomic mass is 9.50. The van der Waals surface area contributed by atoms with Crippen LogP contribution < -0.4 is 5.11 Å². The number of hydrogen-bond acceptors (Lipinski definition) is 5. The maximum atomic E-state index is 11.9. The van der Waals surface area contributed by atoms with Gasteiger partial charge in [-0.15, -0.1) is 0 Å². The summed E-state index contributed by atoms with van der Waals surface area (Å²) in [4.78, 5) is 11.7. The molecule has 2 aliphatic rings. The van der Waals surface area contributed by atoms with Crippen LogP contribution in [0.1, 0.15) is 76.0 Å². The number of rotatable bonds is 3. The smallest absolute Gasteiger partial charge is 0.124 e. The van der Waals surface area contributed by atoms with E-state index in [0.29, 0.717) is 18.4 Å². The van der Waals surface area contributed by atoms with E-state index in [1.165, 1.54) is 0 Å². The van der Waals surface area contributed by atoms with Gasteiger partial charge in [-0.2, -0.15) is 0 Å². The Labute approximate surface area is 155 Å². The molecule has 0 spiro atoms. The van der Waals surface area contributed by atoms with E-state index < -0.39 is 26.9 Å². The van der Waals surface area contributed by atoms with Crippen LogP contribution >= 0.6 is 0 Å². The van der Waals surface area contributed by atoms with Crippen molar-refractivity contribution >= 4 is 16.1 Å². The molecule has 1 aromatic carbocycles. The van der Waals surface area contributed by atoms with Crippen LogP contribution in [0.4, 0.5) is 0 Å². The fourth-order valence-corrected chi connectivity index (χ4v) is 6.27. The predicted molar refractivity (Wildman–Crippen MR) is 94.6 cm³/mol. The van der Waals surface area contributed by atoms with Crippen LogP contribution in [0.2, 0.25) is 0 Å². The van der Waals surface area contributed by atoms with Crippen LogP contribution in [0, 0.1) is 11.3 Å². The standard InChI is InChI=1S/C20H28O5S/c1-12(2)14-10-13-6-7-17-19(3,8-5-9-20(17,4)18(21)22)15(13)11-16(14)26(23,24)25/h10-12,17H,5-9H2,1-4H3,(H,21,22)(H,23,24,25)/p-2. The van der Waals surface area contributed by atoms with Gasteiger partial charge >= 0.3 is 0 Å². The summed E-state index contributed by atoms with van der Waals surface area (Å²) in [5.74, 6) is -1.25. The molecule has 5 nitrogen and oxygen atoms in total. The Morgan fingerprint density at radius 2 is 1.88 bits per heavy atom. The second kappa shape index (κ2) is 6.06. The van der Waals surface area contributed by atoms with E-state index in [0.717, 1.165) is 30.4 Å². The molecule has 1 aromatic rings. The minimum atomic E-state index is -4.60. The van der Waals surface area contributed by atoms with Crippen molar-refractivity contribution in [2.45, 2.75) is 76.0 Å². The minimum Gasteiger partial charge on any atom is -0.744 e. The molecular weight excluding hydrogens is 352 g/mol. The molecule has 26 heavy (non-hydrogen) atoms. The third-order valence-corrected chi connectivity index (χ3v) is 7.73. The highest BCUT2D eigenvalue weighted by atomic mass is 32.2. The maximum Gasteiger partial charge on any atom is 0.124 e. The minimum absolute atomic E-state index is 0.0793. The molecular formula is C20H26O5S-2.